The van der Waals surface area contributed by atoms with Gasteiger partial charge in [0.1, 0.15) is 0 Å². The summed E-state index contributed by atoms with van der Waals surface area (Å²) in [5.41, 5.74) is 0.947. The minimum Gasteiger partial charge on any atom is -0.350 e. The van der Waals surface area contributed by atoms with Gasteiger partial charge in [-0.25, -0.2) is 0 Å². The average molecular weight is 387 g/mol. The predicted octanol–water partition coefficient (Wildman–Crippen LogP) is 1.69. The highest BCUT2D eigenvalue weighted by Gasteiger charge is 2.22. The van der Waals surface area contributed by atoms with Crippen LogP contribution in [0.25, 0.3) is 6.08 Å². The first-order valence-electron chi connectivity index (χ1n) is 9.94. The maximum atomic E-state index is 12.5. The van der Waals surface area contributed by atoms with Gasteiger partial charge in [0.15, 0.2) is 0 Å². The van der Waals surface area contributed by atoms with E-state index in [1.165, 1.54) is 5.56 Å². The van der Waals surface area contributed by atoms with Crippen LogP contribution in [0, 0.1) is 0 Å². The van der Waals surface area contributed by atoms with Gasteiger partial charge in [-0.3, -0.25) is 19.4 Å². The van der Waals surface area contributed by atoms with Gasteiger partial charge in [0.05, 0.1) is 13.1 Å². The van der Waals surface area contributed by atoms with E-state index in [9.17, 15) is 9.59 Å². The second-order valence-electron chi connectivity index (χ2n) is 8.46. The van der Waals surface area contributed by atoms with Crippen molar-refractivity contribution in [2.45, 2.75) is 26.3 Å². The molecule has 0 aromatic heterocycles. The number of benzene rings is 1. The topological polar surface area (TPSA) is 55.9 Å². The molecule has 0 radical (unpaired) electrons. The van der Waals surface area contributed by atoms with Crippen molar-refractivity contribution >= 4 is 17.9 Å². The molecule has 28 heavy (non-hydrogen) atoms. The Bertz CT molecular complexity index is 659. The van der Waals surface area contributed by atoms with Crippen molar-refractivity contribution in [2.24, 2.45) is 0 Å². The molecule has 0 atom stereocenters. The molecule has 0 aliphatic carbocycles. The predicted molar refractivity (Wildman–Crippen MR) is 114 cm³/mol. The smallest absolute Gasteiger partial charge is 0.236 e. The molecule has 0 bridgehead atoms. The highest BCUT2D eigenvalue weighted by atomic mass is 16.2. The number of hydrogen-bond donors (Lipinski definition) is 1. The zero-order valence-corrected chi connectivity index (χ0v) is 17.6. The second-order valence-corrected chi connectivity index (χ2v) is 8.46. The van der Waals surface area contributed by atoms with E-state index in [2.05, 4.69) is 34.5 Å². The SMILES string of the molecule is CN(CC(=O)NC(C)(C)C)CC(=O)N1CCN(C/C=C/c2ccccc2)CC1. The van der Waals surface area contributed by atoms with E-state index in [1.807, 2.05) is 50.9 Å². The van der Waals surface area contributed by atoms with Gasteiger partial charge in [0.2, 0.25) is 11.8 Å². The lowest BCUT2D eigenvalue weighted by molar-refractivity contribution is -0.134. The normalized spacial score (nSPS) is 16.0. The Hall–Kier alpha value is -2.18. The third-order valence-corrected chi connectivity index (χ3v) is 4.53. The molecule has 2 amide bonds. The van der Waals surface area contributed by atoms with Gasteiger partial charge in [-0.05, 0) is 33.4 Å². The Labute approximate surface area is 169 Å². The van der Waals surface area contributed by atoms with E-state index in [1.54, 1.807) is 4.90 Å². The second kappa shape index (κ2) is 10.4. The molecule has 1 aromatic carbocycles. The number of carbonyl (C=O) groups is 2. The zero-order valence-electron chi connectivity index (χ0n) is 17.6. The summed E-state index contributed by atoms with van der Waals surface area (Å²) in [6.45, 7) is 10.5. The van der Waals surface area contributed by atoms with Crippen LogP contribution in [-0.4, -0.2) is 84.9 Å². The lowest BCUT2D eigenvalue weighted by Crippen LogP contribution is -2.52. The number of nitrogens with one attached hydrogen (secondary N) is 1. The molecule has 1 fully saturated rings. The Kier molecular flexibility index (Phi) is 8.20. The first kappa shape index (κ1) is 22.1. The summed E-state index contributed by atoms with van der Waals surface area (Å²) in [5, 5.41) is 2.92. The standard InChI is InChI=1S/C22H34N4O2/c1-22(2,3)23-20(27)17-24(4)18-21(28)26-15-13-25(14-16-26)12-8-11-19-9-6-5-7-10-19/h5-11H,12-18H2,1-4H3,(H,23,27)/b11-8+. The lowest BCUT2D eigenvalue weighted by Gasteiger charge is -2.35. The van der Waals surface area contributed by atoms with Gasteiger partial charge in [0.25, 0.3) is 0 Å². The first-order valence-corrected chi connectivity index (χ1v) is 9.94. The van der Waals surface area contributed by atoms with Crippen molar-refractivity contribution in [2.75, 3.05) is 52.9 Å². The van der Waals surface area contributed by atoms with Crippen molar-refractivity contribution < 1.29 is 9.59 Å². The van der Waals surface area contributed by atoms with E-state index in [4.69, 9.17) is 0 Å². The molecular weight excluding hydrogens is 352 g/mol. The molecular formula is C22H34N4O2. The molecule has 0 unspecified atom stereocenters. The fourth-order valence-corrected chi connectivity index (χ4v) is 3.17. The zero-order chi connectivity index (χ0) is 20.6. The van der Waals surface area contributed by atoms with Crippen LogP contribution in [0.5, 0.6) is 0 Å². The number of rotatable bonds is 7. The summed E-state index contributed by atoms with van der Waals surface area (Å²) in [6, 6.07) is 10.3. The summed E-state index contributed by atoms with van der Waals surface area (Å²) < 4.78 is 0. The number of nitrogens with zero attached hydrogens (tertiary/aromatic N) is 3. The summed E-state index contributed by atoms with van der Waals surface area (Å²) >= 11 is 0. The van der Waals surface area contributed by atoms with Crippen molar-refractivity contribution in [1.82, 2.24) is 20.0 Å². The first-order chi connectivity index (χ1) is 13.2. The van der Waals surface area contributed by atoms with E-state index in [0.29, 0.717) is 0 Å². The van der Waals surface area contributed by atoms with E-state index < -0.39 is 0 Å². The molecule has 6 heteroatoms. The number of piperazine rings is 1. The Morgan fingerprint density at radius 1 is 1.07 bits per heavy atom. The van der Waals surface area contributed by atoms with Crippen LogP contribution in [0.15, 0.2) is 36.4 Å². The molecule has 1 saturated heterocycles. The fourth-order valence-electron chi connectivity index (χ4n) is 3.17. The monoisotopic (exact) mass is 386 g/mol. The third kappa shape index (κ3) is 8.23. The van der Waals surface area contributed by atoms with E-state index in [0.717, 1.165) is 32.7 Å². The van der Waals surface area contributed by atoms with Crippen LogP contribution in [0.1, 0.15) is 26.3 Å². The molecule has 1 heterocycles. The molecule has 0 saturated carbocycles. The van der Waals surface area contributed by atoms with Crippen molar-refractivity contribution in [1.29, 1.82) is 0 Å². The van der Waals surface area contributed by atoms with Gasteiger partial charge >= 0.3 is 0 Å². The maximum absolute atomic E-state index is 12.5. The molecule has 1 aliphatic rings. The number of carbonyl (C=O) groups excluding carboxylic acids is 2. The molecule has 6 nitrogen and oxygen atoms in total. The minimum absolute atomic E-state index is 0.0576. The summed E-state index contributed by atoms with van der Waals surface area (Å²) in [6.07, 6.45) is 4.31. The Morgan fingerprint density at radius 2 is 1.71 bits per heavy atom. The van der Waals surface area contributed by atoms with Crippen LogP contribution >= 0.6 is 0 Å². The number of amides is 2. The molecule has 1 aliphatic heterocycles. The fraction of sp³-hybridized carbons (Fsp3) is 0.545. The quantitative estimate of drug-likeness (QED) is 0.775. The summed E-state index contributed by atoms with van der Waals surface area (Å²) in [4.78, 5) is 30.5. The molecule has 0 spiro atoms. The van der Waals surface area contributed by atoms with Crippen molar-refractivity contribution in [3.63, 3.8) is 0 Å². The Morgan fingerprint density at radius 3 is 2.32 bits per heavy atom. The van der Waals surface area contributed by atoms with Crippen molar-refractivity contribution in [3.05, 3.63) is 42.0 Å². The van der Waals surface area contributed by atoms with Gasteiger partial charge in [-0.1, -0.05) is 42.5 Å². The summed E-state index contributed by atoms with van der Waals surface area (Å²) in [7, 11) is 1.81. The van der Waals surface area contributed by atoms with E-state index >= 15 is 0 Å². The van der Waals surface area contributed by atoms with Gasteiger partial charge in [0, 0.05) is 38.3 Å². The molecule has 1 N–H and O–H groups in total. The summed E-state index contributed by atoms with van der Waals surface area (Å²) in [5.74, 6) is 0.0309. The Balaban J connectivity index is 1.68. The van der Waals surface area contributed by atoms with Gasteiger partial charge in [-0.15, -0.1) is 0 Å². The molecule has 154 valence electrons. The lowest BCUT2D eigenvalue weighted by atomic mass is 10.1. The van der Waals surface area contributed by atoms with Crippen LogP contribution in [0.2, 0.25) is 0 Å². The van der Waals surface area contributed by atoms with Gasteiger partial charge < -0.3 is 10.2 Å². The number of likely N-dealkylation sites (N-methyl/N-ethyl adjacent to an activating group) is 1. The molecule has 2 rings (SSSR count). The molecule has 1 aromatic rings. The largest absolute Gasteiger partial charge is 0.350 e. The highest BCUT2D eigenvalue weighted by Crippen LogP contribution is 2.05. The third-order valence-electron chi connectivity index (χ3n) is 4.53. The number of hydrogen-bond acceptors (Lipinski definition) is 4. The average Bonchev–Trinajstić information content (AvgIpc) is 2.61. The van der Waals surface area contributed by atoms with Gasteiger partial charge in [-0.2, -0.15) is 0 Å². The van der Waals surface area contributed by atoms with Crippen LogP contribution in [-0.2, 0) is 9.59 Å². The van der Waals surface area contributed by atoms with E-state index in [-0.39, 0.29) is 30.4 Å². The minimum atomic E-state index is -0.257. The van der Waals surface area contributed by atoms with Crippen LogP contribution in [0.4, 0.5) is 0 Å². The highest BCUT2D eigenvalue weighted by molar-refractivity contribution is 5.81. The maximum Gasteiger partial charge on any atom is 0.236 e. The van der Waals surface area contributed by atoms with Crippen molar-refractivity contribution in [3.8, 4) is 0 Å². The van der Waals surface area contributed by atoms with Crippen LogP contribution < -0.4 is 5.32 Å². The van der Waals surface area contributed by atoms with Crippen LogP contribution in [0.3, 0.4) is 0 Å².